The van der Waals surface area contributed by atoms with E-state index in [1.807, 2.05) is 19.9 Å². The van der Waals surface area contributed by atoms with Gasteiger partial charge in [0.15, 0.2) is 5.16 Å². The summed E-state index contributed by atoms with van der Waals surface area (Å²) in [4.78, 5) is 19.4. The molecule has 0 spiro atoms. The van der Waals surface area contributed by atoms with Crippen LogP contribution in [0.4, 0.5) is 0 Å². The van der Waals surface area contributed by atoms with Gasteiger partial charge in [0.05, 0.1) is 0 Å². The number of rotatable bonds is 6. The van der Waals surface area contributed by atoms with Crippen LogP contribution in [0.2, 0.25) is 0 Å². The van der Waals surface area contributed by atoms with Gasteiger partial charge in [-0.2, -0.15) is 0 Å². The Morgan fingerprint density at radius 2 is 2.00 bits per heavy atom. The van der Waals surface area contributed by atoms with E-state index in [9.17, 15) is 4.79 Å². The molecule has 0 fully saturated rings. The quantitative estimate of drug-likeness (QED) is 0.465. The summed E-state index contributed by atoms with van der Waals surface area (Å²) in [6, 6.07) is 1.92. The Morgan fingerprint density at radius 1 is 1.44 bits per heavy atom. The van der Waals surface area contributed by atoms with Gasteiger partial charge < -0.3 is 10.8 Å². The van der Waals surface area contributed by atoms with Gasteiger partial charge >= 0.3 is 5.97 Å². The number of aryl methyl sites for hydroxylation is 2. The van der Waals surface area contributed by atoms with E-state index >= 15 is 0 Å². The van der Waals surface area contributed by atoms with Gasteiger partial charge in [-0.25, -0.2) is 9.97 Å². The molecule has 1 unspecified atom stereocenters. The van der Waals surface area contributed by atoms with E-state index in [1.165, 1.54) is 18.7 Å². The van der Waals surface area contributed by atoms with E-state index in [4.69, 9.17) is 10.8 Å². The van der Waals surface area contributed by atoms with E-state index in [1.54, 1.807) is 0 Å². The van der Waals surface area contributed by atoms with E-state index in [-0.39, 0.29) is 0 Å². The maximum absolute atomic E-state index is 10.8. The first kappa shape index (κ1) is 14.9. The summed E-state index contributed by atoms with van der Waals surface area (Å²) in [5, 5.41) is 9.61. The molecule has 0 radical (unpaired) electrons. The summed E-state index contributed by atoms with van der Waals surface area (Å²) in [6.45, 7) is 5.40. The number of thioether (sulfide) groups is 1. The molecule has 100 valence electrons. The Hall–Kier alpha value is -1.14. The maximum Gasteiger partial charge on any atom is 0.323 e. The molecule has 3 N–H and O–H groups in total. The normalized spacial score (nSPS) is 14.2. The van der Waals surface area contributed by atoms with Crippen LogP contribution in [0.1, 0.15) is 31.2 Å². The molecule has 0 bridgehead atoms. The minimum absolute atomic E-state index is 0.445. The second kappa shape index (κ2) is 6.15. The SMILES string of the molecule is Cc1cc(C)nc(SCCCC(C)(N)C(=O)O)n1. The second-order valence-electron chi connectivity index (χ2n) is 4.61. The third kappa shape index (κ3) is 4.62. The molecule has 1 aromatic heterocycles. The van der Waals surface area contributed by atoms with Crippen molar-refractivity contribution in [1.82, 2.24) is 9.97 Å². The molecule has 0 aliphatic carbocycles. The largest absolute Gasteiger partial charge is 0.480 e. The minimum Gasteiger partial charge on any atom is -0.480 e. The molecule has 0 amide bonds. The first-order chi connectivity index (χ1) is 8.31. The number of aliphatic carboxylic acids is 1. The van der Waals surface area contributed by atoms with Gasteiger partial charge in [0, 0.05) is 17.1 Å². The fourth-order valence-electron chi connectivity index (χ4n) is 1.47. The molecule has 1 rings (SSSR count). The summed E-state index contributed by atoms with van der Waals surface area (Å²) < 4.78 is 0. The second-order valence-corrected chi connectivity index (χ2v) is 5.67. The number of nitrogens with two attached hydrogens (primary N) is 1. The number of hydrogen-bond acceptors (Lipinski definition) is 5. The van der Waals surface area contributed by atoms with Crippen molar-refractivity contribution in [2.24, 2.45) is 5.73 Å². The van der Waals surface area contributed by atoms with Gasteiger partial charge in [-0.3, -0.25) is 4.79 Å². The van der Waals surface area contributed by atoms with Crippen LogP contribution < -0.4 is 5.73 Å². The molecule has 0 aliphatic heterocycles. The topological polar surface area (TPSA) is 89.1 Å². The zero-order valence-corrected chi connectivity index (χ0v) is 11.8. The van der Waals surface area contributed by atoms with Crippen molar-refractivity contribution >= 4 is 17.7 Å². The van der Waals surface area contributed by atoms with Crippen molar-refractivity contribution in [2.45, 2.75) is 44.3 Å². The van der Waals surface area contributed by atoms with E-state index in [0.717, 1.165) is 28.7 Å². The van der Waals surface area contributed by atoms with Crippen molar-refractivity contribution < 1.29 is 9.90 Å². The third-order valence-corrected chi connectivity index (χ3v) is 3.46. The highest BCUT2D eigenvalue weighted by atomic mass is 32.2. The zero-order chi connectivity index (χ0) is 13.8. The average molecular weight is 269 g/mol. The molecule has 5 nitrogen and oxygen atoms in total. The molecule has 18 heavy (non-hydrogen) atoms. The highest BCUT2D eigenvalue weighted by Gasteiger charge is 2.26. The molecular weight excluding hydrogens is 250 g/mol. The Balaban J connectivity index is 2.40. The predicted molar refractivity (Wildman–Crippen MR) is 71.7 cm³/mol. The van der Waals surface area contributed by atoms with Gasteiger partial charge in [-0.15, -0.1) is 0 Å². The number of nitrogens with zero attached hydrogens (tertiary/aromatic N) is 2. The van der Waals surface area contributed by atoms with Crippen LogP contribution in [0.3, 0.4) is 0 Å². The number of carboxylic acids is 1. The first-order valence-corrected chi connectivity index (χ1v) is 6.77. The summed E-state index contributed by atoms with van der Waals surface area (Å²) in [5.41, 5.74) is 6.39. The average Bonchev–Trinajstić information content (AvgIpc) is 2.23. The molecule has 1 atom stereocenters. The van der Waals surface area contributed by atoms with Crippen molar-refractivity contribution in [1.29, 1.82) is 0 Å². The van der Waals surface area contributed by atoms with Crippen molar-refractivity contribution in [3.8, 4) is 0 Å². The number of aromatic nitrogens is 2. The van der Waals surface area contributed by atoms with E-state index in [0.29, 0.717) is 6.42 Å². The van der Waals surface area contributed by atoms with Gasteiger partial charge in [0.2, 0.25) is 0 Å². The van der Waals surface area contributed by atoms with Gasteiger partial charge in [0.25, 0.3) is 0 Å². The smallest absolute Gasteiger partial charge is 0.323 e. The lowest BCUT2D eigenvalue weighted by Gasteiger charge is -2.18. The number of carbonyl (C=O) groups is 1. The van der Waals surface area contributed by atoms with Crippen LogP contribution in [-0.2, 0) is 4.79 Å². The molecule has 0 aromatic carbocycles. The summed E-state index contributed by atoms with van der Waals surface area (Å²) in [7, 11) is 0. The Morgan fingerprint density at radius 3 is 2.50 bits per heavy atom. The van der Waals surface area contributed by atoms with Crippen molar-refractivity contribution in [3.63, 3.8) is 0 Å². The molecule has 0 saturated heterocycles. The first-order valence-electron chi connectivity index (χ1n) is 5.78. The predicted octanol–water partition coefficient (Wildman–Crippen LogP) is 1.77. The number of hydrogen-bond donors (Lipinski definition) is 2. The monoisotopic (exact) mass is 269 g/mol. The standard InChI is InChI=1S/C12H19N3O2S/c1-8-7-9(2)15-11(14-8)18-6-4-5-12(3,13)10(16)17/h7H,4-6,13H2,1-3H3,(H,16,17). The number of carboxylic acid groups (broad SMARTS) is 1. The van der Waals surface area contributed by atoms with Crippen LogP contribution in [0.5, 0.6) is 0 Å². The molecule has 1 aromatic rings. The highest BCUT2D eigenvalue weighted by molar-refractivity contribution is 7.99. The lowest BCUT2D eigenvalue weighted by Crippen LogP contribution is -2.44. The van der Waals surface area contributed by atoms with Crippen LogP contribution >= 0.6 is 11.8 Å². The van der Waals surface area contributed by atoms with Crippen LogP contribution in [0.15, 0.2) is 11.2 Å². The van der Waals surface area contributed by atoms with Crippen LogP contribution in [0, 0.1) is 13.8 Å². The minimum atomic E-state index is -1.15. The Bertz CT molecular complexity index is 415. The van der Waals surface area contributed by atoms with Gasteiger partial charge in [-0.05, 0) is 39.7 Å². The third-order valence-electron chi connectivity index (χ3n) is 2.52. The van der Waals surface area contributed by atoms with E-state index < -0.39 is 11.5 Å². The molecule has 0 saturated carbocycles. The van der Waals surface area contributed by atoms with E-state index in [2.05, 4.69) is 9.97 Å². The summed E-state index contributed by atoms with van der Waals surface area (Å²) in [6.07, 6.45) is 1.17. The Kier molecular flexibility index (Phi) is 5.10. The van der Waals surface area contributed by atoms with Crippen LogP contribution in [-0.4, -0.2) is 32.3 Å². The van der Waals surface area contributed by atoms with Crippen LogP contribution in [0.25, 0.3) is 0 Å². The zero-order valence-electron chi connectivity index (χ0n) is 10.9. The lowest BCUT2D eigenvalue weighted by atomic mass is 9.98. The van der Waals surface area contributed by atoms with Gasteiger partial charge in [0.1, 0.15) is 5.54 Å². The van der Waals surface area contributed by atoms with Crippen molar-refractivity contribution in [3.05, 3.63) is 17.5 Å². The molecular formula is C12H19N3O2S. The fraction of sp³-hybridized carbons (Fsp3) is 0.583. The summed E-state index contributed by atoms with van der Waals surface area (Å²) in [5.74, 6) is -0.196. The van der Waals surface area contributed by atoms with Crippen molar-refractivity contribution in [2.75, 3.05) is 5.75 Å². The molecule has 1 heterocycles. The molecule has 6 heteroatoms. The fourth-order valence-corrected chi connectivity index (χ4v) is 2.36. The maximum atomic E-state index is 10.8. The Labute approximate surface area is 111 Å². The lowest BCUT2D eigenvalue weighted by molar-refractivity contribution is -0.142. The summed E-state index contributed by atoms with van der Waals surface area (Å²) >= 11 is 1.53. The molecule has 0 aliphatic rings. The van der Waals surface area contributed by atoms with Gasteiger partial charge in [-0.1, -0.05) is 11.8 Å². The highest BCUT2D eigenvalue weighted by Crippen LogP contribution is 2.18.